The first-order valence-corrected chi connectivity index (χ1v) is 12.0. The number of rotatable bonds is 6. The van der Waals surface area contributed by atoms with Crippen molar-refractivity contribution in [1.82, 2.24) is 25.9 Å². The number of likely N-dealkylation sites (N-methyl/N-ethyl adjacent to an activating group) is 1. The van der Waals surface area contributed by atoms with E-state index in [0.717, 1.165) is 31.5 Å². The highest BCUT2D eigenvalue weighted by Gasteiger charge is 2.52. The van der Waals surface area contributed by atoms with Crippen LogP contribution in [-0.4, -0.2) is 64.4 Å². The number of nitrogen functional groups attached to an aromatic ring is 2. The fourth-order valence-corrected chi connectivity index (χ4v) is 5.51. The largest absolute Gasteiger partial charge is 0.382 e. The summed E-state index contributed by atoms with van der Waals surface area (Å²) in [5.74, 6) is -0.768. The van der Waals surface area contributed by atoms with Gasteiger partial charge in [-0.15, -0.1) is 0 Å². The number of quaternary nitrogens is 1. The number of aromatic nitrogens is 2. The van der Waals surface area contributed by atoms with Crippen molar-refractivity contribution in [1.29, 1.82) is 5.41 Å². The molecule has 2 bridgehead atoms. The summed E-state index contributed by atoms with van der Waals surface area (Å²) < 4.78 is 0.608. The molecule has 1 aromatic carbocycles. The number of hydrogen-bond donors (Lipinski definition) is 6. The van der Waals surface area contributed by atoms with Gasteiger partial charge in [0.15, 0.2) is 34.5 Å². The van der Waals surface area contributed by atoms with Crippen molar-refractivity contribution >= 4 is 41.0 Å². The van der Waals surface area contributed by atoms with Crippen LogP contribution in [0.2, 0.25) is 5.15 Å². The first-order valence-electron chi connectivity index (χ1n) is 11.7. The molecule has 3 saturated heterocycles. The van der Waals surface area contributed by atoms with Crippen LogP contribution in [0.4, 0.5) is 11.6 Å². The second kappa shape index (κ2) is 10.0. The first kappa shape index (κ1) is 24.7. The lowest BCUT2D eigenvalue weighted by molar-refractivity contribution is -0.963. The number of amides is 2. The number of nitrogens with two attached hydrogens (primary N) is 2. The minimum atomic E-state index is -0.705. The second-order valence-corrected chi connectivity index (χ2v) is 9.47. The van der Waals surface area contributed by atoms with Crippen molar-refractivity contribution in [3.05, 3.63) is 46.7 Å². The molecule has 35 heavy (non-hydrogen) atoms. The predicted molar refractivity (Wildman–Crippen MR) is 133 cm³/mol. The van der Waals surface area contributed by atoms with Gasteiger partial charge < -0.3 is 26.6 Å². The summed E-state index contributed by atoms with van der Waals surface area (Å²) in [7, 11) is 0. The second-order valence-electron chi connectivity index (χ2n) is 9.11. The normalized spacial score (nSPS) is 23.8. The van der Waals surface area contributed by atoms with E-state index < -0.39 is 5.91 Å². The van der Waals surface area contributed by atoms with Crippen LogP contribution in [0.1, 0.15) is 41.9 Å². The Hall–Kier alpha value is -3.44. The zero-order valence-corrected chi connectivity index (χ0v) is 20.3. The van der Waals surface area contributed by atoms with Gasteiger partial charge in [-0.3, -0.25) is 20.3 Å². The molecule has 1 unspecified atom stereocenters. The molecule has 186 valence electrons. The molecule has 0 aliphatic carbocycles. The molecule has 11 nitrogen and oxygen atoms in total. The Morgan fingerprint density at radius 3 is 2.51 bits per heavy atom. The summed E-state index contributed by atoms with van der Waals surface area (Å²) >= 11 is 5.87. The van der Waals surface area contributed by atoms with E-state index in [1.165, 1.54) is 0 Å². The van der Waals surface area contributed by atoms with E-state index in [4.69, 9.17) is 28.5 Å². The Morgan fingerprint density at radius 1 is 1.17 bits per heavy atom. The third-order valence-corrected chi connectivity index (χ3v) is 7.25. The minimum absolute atomic E-state index is 0.00968. The summed E-state index contributed by atoms with van der Waals surface area (Å²) in [6.45, 7) is 4.91. The van der Waals surface area contributed by atoms with Gasteiger partial charge in [0.25, 0.3) is 11.8 Å². The molecule has 8 N–H and O–H groups in total. The number of nitrogens with zero attached hydrogens (tertiary/aromatic N) is 3. The fourth-order valence-electron chi connectivity index (χ4n) is 5.38. The van der Waals surface area contributed by atoms with E-state index in [9.17, 15) is 9.59 Å². The Bertz CT molecular complexity index is 1120. The van der Waals surface area contributed by atoms with Crippen LogP contribution >= 0.6 is 11.6 Å². The third kappa shape index (κ3) is 5.01. The number of fused-ring (bicyclic) bond motifs is 3. The number of carbonyl (C=O) groups excluding carboxylic acids is 2. The number of carbonyl (C=O) groups is 2. The smallest absolute Gasteiger partial charge is 0.283 e. The molecule has 0 spiro atoms. The quantitative estimate of drug-likeness (QED) is 0.195. The van der Waals surface area contributed by atoms with Gasteiger partial charge in [0.1, 0.15) is 6.54 Å². The average Bonchev–Trinajstić information content (AvgIpc) is 2.83. The maximum Gasteiger partial charge on any atom is 0.283 e. The highest BCUT2D eigenvalue weighted by Crippen LogP contribution is 2.41. The average molecular weight is 501 g/mol. The molecular weight excluding hydrogens is 470 g/mol. The van der Waals surface area contributed by atoms with Gasteiger partial charge in [-0.25, -0.2) is 9.97 Å². The van der Waals surface area contributed by atoms with Gasteiger partial charge in [-0.1, -0.05) is 41.9 Å². The number of piperidine rings is 3. The maximum absolute atomic E-state index is 13.2. The Kier molecular flexibility index (Phi) is 7.08. The summed E-state index contributed by atoms with van der Waals surface area (Å²) in [5, 5.41) is 16.9. The molecule has 3 aliphatic heterocycles. The maximum atomic E-state index is 13.2. The van der Waals surface area contributed by atoms with E-state index in [1.807, 2.05) is 37.3 Å². The van der Waals surface area contributed by atoms with Crippen molar-refractivity contribution in [2.75, 3.05) is 37.6 Å². The summed E-state index contributed by atoms with van der Waals surface area (Å²) in [6.07, 6.45) is 1.85. The molecule has 2 atom stereocenters. The summed E-state index contributed by atoms with van der Waals surface area (Å²) in [6, 6.07) is 9.44. The molecule has 3 fully saturated rings. The Morgan fingerprint density at radius 2 is 1.86 bits per heavy atom. The number of halogens is 1. The Balaban J connectivity index is 1.50. The molecule has 4 heterocycles. The molecule has 12 heteroatoms. The zero-order valence-electron chi connectivity index (χ0n) is 19.6. The first-order chi connectivity index (χ1) is 16.7. The van der Waals surface area contributed by atoms with Crippen molar-refractivity contribution in [2.24, 2.45) is 5.92 Å². The van der Waals surface area contributed by atoms with Crippen molar-refractivity contribution < 1.29 is 14.1 Å². The number of guanidine groups is 1. The van der Waals surface area contributed by atoms with Crippen LogP contribution in [-0.2, 0) is 4.79 Å². The van der Waals surface area contributed by atoms with Crippen LogP contribution < -0.4 is 27.4 Å². The fraction of sp³-hybridized carbons (Fsp3) is 0.435. The van der Waals surface area contributed by atoms with Crippen molar-refractivity contribution in [2.45, 2.75) is 31.8 Å². The van der Waals surface area contributed by atoms with E-state index in [1.54, 1.807) is 0 Å². The van der Waals surface area contributed by atoms with Crippen LogP contribution in [0, 0.1) is 11.3 Å². The molecule has 3 aliphatic rings. The number of benzene rings is 1. The monoisotopic (exact) mass is 500 g/mol. The lowest BCUT2D eigenvalue weighted by Gasteiger charge is -2.55. The van der Waals surface area contributed by atoms with Crippen LogP contribution in [0.3, 0.4) is 0 Å². The van der Waals surface area contributed by atoms with Crippen molar-refractivity contribution in [3.63, 3.8) is 0 Å². The molecule has 2 aromatic rings. The molecule has 5 rings (SSSR count). The SMILES string of the molecule is CCNC(=O)C(c1ccccc1)[N+]12CCC(CC1)[C@H](NC(=N)NC(=O)c1nc(Cl)c(N)nc1N)C2. The summed E-state index contributed by atoms with van der Waals surface area (Å²) in [4.78, 5) is 33.6. The topological polar surface area (TPSA) is 172 Å². The van der Waals surface area contributed by atoms with Gasteiger partial charge in [-0.05, 0) is 12.8 Å². The minimum Gasteiger partial charge on any atom is -0.382 e. The van der Waals surface area contributed by atoms with Gasteiger partial charge in [0.2, 0.25) is 0 Å². The summed E-state index contributed by atoms with van der Waals surface area (Å²) in [5.41, 5.74) is 12.1. The number of nitrogens with one attached hydrogen (secondary N) is 4. The van der Waals surface area contributed by atoms with Gasteiger partial charge in [0.05, 0.1) is 19.1 Å². The lowest BCUT2D eigenvalue weighted by Crippen LogP contribution is -2.70. The Labute approximate surface area is 208 Å². The number of anilines is 2. The van der Waals surface area contributed by atoms with E-state index >= 15 is 0 Å². The third-order valence-electron chi connectivity index (χ3n) is 6.97. The molecule has 0 radical (unpaired) electrons. The van der Waals surface area contributed by atoms with Gasteiger partial charge >= 0.3 is 0 Å². The molecule has 0 saturated carbocycles. The zero-order chi connectivity index (χ0) is 25.2. The van der Waals surface area contributed by atoms with Crippen LogP contribution in [0.25, 0.3) is 0 Å². The molecule has 2 amide bonds. The highest BCUT2D eigenvalue weighted by atomic mass is 35.5. The lowest BCUT2D eigenvalue weighted by atomic mass is 9.79. The van der Waals surface area contributed by atoms with Gasteiger partial charge in [-0.2, -0.15) is 0 Å². The van der Waals surface area contributed by atoms with Crippen LogP contribution in [0.5, 0.6) is 0 Å². The van der Waals surface area contributed by atoms with E-state index in [-0.39, 0.29) is 46.4 Å². The molecular formula is C23H31ClN9O2+. The standard InChI is InChI=1S/C23H30ClN9O2/c1-2-28-22(35)17(14-6-4-3-5-7-14)33-10-8-13(9-11-33)15(12-33)29-23(27)32-21(34)16-19(25)31-20(26)18(24)30-16/h3-7,13,15,17H,2,8-12H2,1H3,(H7-,25,26,27,28,29,31,32,34,35)/p+1/t13?,15-,17?,33?/m1/s1. The van der Waals surface area contributed by atoms with E-state index in [0.29, 0.717) is 23.5 Å². The van der Waals surface area contributed by atoms with Crippen LogP contribution in [0.15, 0.2) is 30.3 Å². The van der Waals surface area contributed by atoms with E-state index in [2.05, 4.69) is 25.9 Å². The predicted octanol–water partition coefficient (Wildman–Crippen LogP) is 1.03. The number of hydrogen-bond acceptors (Lipinski definition) is 7. The molecule has 1 aromatic heterocycles. The highest BCUT2D eigenvalue weighted by molar-refractivity contribution is 6.31. The van der Waals surface area contributed by atoms with Gasteiger partial charge in [0, 0.05) is 24.9 Å². The van der Waals surface area contributed by atoms with Crippen molar-refractivity contribution in [3.8, 4) is 0 Å².